The quantitative estimate of drug-likeness (QED) is 0.507. The highest BCUT2D eigenvalue weighted by molar-refractivity contribution is 5.92. The van der Waals surface area contributed by atoms with Crippen LogP contribution in [0.15, 0.2) is 42.5 Å². The Morgan fingerprint density at radius 2 is 1.58 bits per heavy atom. The number of phenolic OH excluding ortho intramolecular Hbond substituents is 1. The van der Waals surface area contributed by atoms with Crippen LogP contribution in [-0.4, -0.2) is 52.6 Å². The lowest BCUT2D eigenvalue weighted by Gasteiger charge is -2.32. The Labute approximate surface area is 214 Å². The van der Waals surface area contributed by atoms with Crippen molar-refractivity contribution in [3.63, 3.8) is 0 Å². The molecular formula is C28H39N3O5. The fourth-order valence-corrected chi connectivity index (χ4v) is 3.74. The monoisotopic (exact) mass is 497 g/mol. The number of carbonyl (C=O) groups is 3. The lowest BCUT2D eigenvalue weighted by Crippen LogP contribution is -2.53. The minimum Gasteiger partial charge on any atom is -0.508 e. The van der Waals surface area contributed by atoms with Gasteiger partial charge in [0, 0.05) is 19.5 Å². The van der Waals surface area contributed by atoms with Gasteiger partial charge in [-0.15, -0.1) is 0 Å². The zero-order valence-electron chi connectivity index (χ0n) is 22.5. The molecule has 2 unspecified atom stereocenters. The third-order valence-electron chi connectivity index (χ3n) is 5.63. The van der Waals surface area contributed by atoms with Gasteiger partial charge in [0.1, 0.15) is 23.4 Å². The van der Waals surface area contributed by atoms with Crippen LogP contribution in [0.3, 0.4) is 0 Å². The van der Waals surface area contributed by atoms with Crippen molar-refractivity contribution < 1.29 is 24.2 Å². The van der Waals surface area contributed by atoms with Gasteiger partial charge in [0.25, 0.3) is 0 Å². The third kappa shape index (κ3) is 8.29. The summed E-state index contributed by atoms with van der Waals surface area (Å²) < 4.78 is 5.39. The standard InChI is InChI=1S/C28H39N3O5/c1-17(2)29-25(33)24(21-12-9-18(3)19(4)15-21)31(8)26(34)23(30-27(35)36-28(5,6)7)16-20-10-13-22(32)14-11-20/h9-15,17,23-24,32H,16H2,1-8H3,(H,29,33)(H,30,35). The van der Waals surface area contributed by atoms with Crippen molar-refractivity contribution >= 4 is 17.9 Å². The van der Waals surface area contributed by atoms with Crippen LogP contribution < -0.4 is 10.6 Å². The number of likely N-dealkylation sites (N-methyl/N-ethyl adjacent to an activating group) is 1. The second-order valence-corrected chi connectivity index (χ2v) is 10.4. The number of nitrogens with one attached hydrogen (secondary N) is 2. The molecule has 0 fully saturated rings. The molecule has 196 valence electrons. The van der Waals surface area contributed by atoms with Crippen molar-refractivity contribution in [3.05, 3.63) is 64.7 Å². The molecule has 0 saturated heterocycles. The van der Waals surface area contributed by atoms with Crippen molar-refractivity contribution in [3.8, 4) is 5.75 Å². The summed E-state index contributed by atoms with van der Waals surface area (Å²) in [6.07, 6.45) is -0.587. The Balaban J connectivity index is 2.43. The van der Waals surface area contributed by atoms with Crippen molar-refractivity contribution in [1.82, 2.24) is 15.5 Å². The molecule has 2 rings (SSSR count). The number of nitrogens with zero attached hydrogens (tertiary/aromatic N) is 1. The number of ether oxygens (including phenoxy) is 1. The SMILES string of the molecule is Cc1ccc(C(C(=O)NC(C)C)N(C)C(=O)C(Cc2ccc(O)cc2)NC(=O)OC(C)(C)C)cc1C. The van der Waals surface area contributed by atoms with E-state index in [1.165, 1.54) is 17.0 Å². The summed E-state index contributed by atoms with van der Waals surface area (Å²) in [5.74, 6) is -0.667. The second kappa shape index (κ2) is 11.9. The Hall–Kier alpha value is -3.55. The molecule has 2 atom stereocenters. The first-order valence-corrected chi connectivity index (χ1v) is 12.1. The average molecular weight is 498 g/mol. The Morgan fingerprint density at radius 1 is 0.972 bits per heavy atom. The Bertz CT molecular complexity index is 1070. The van der Waals surface area contributed by atoms with Crippen molar-refractivity contribution in [2.45, 2.75) is 78.6 Å². The summed E-state index contributed by atoms with van der Waals surface area (Å²) in [6, 6.07) is 10.0. The van der Waals surface area contributed by atoms with E-state index in [4.69, 9.17) is 4.74 Å². The normalized spacial score (nSPS) is 13.0. The molecular weight excluding hydrogens is 458 g/mol. The number of hydrogen-bond donors (Lipinski definition) is 3. The molecule has 0 spiro atoms. The first-order valence-electron chi connectivity index (χ1n) is 12.1. The van der Waals surface area contributed by atoms with Gasteiger partial charge in [0.05, 0.1) is 0 Å². The molecule has 0 aliphatic rings. The van der Waals surface area contributed by atoms with E-state index < -0.39 is 29.7 Å². The van der Waals surface area contributed by atoms with Gasteiger partial charge in [-0.2, -0.15) is 0 Å². The third-order valence-corrected chi connectivity index (χ3v) is 5.63. The lowest BCUT2D eigenvalue weighted by atomic mass is 9.98. The molecule has 8 nitrogen and oxygen atoms in total. The van der Waals surface area contributed by atoms with E-state index in [9.17, 15) is 19.5 Å². The molecule has 0 bridgehead atoms. The lowest BCUT2D eigenvalue weighted by molar-refractivity contribution is -0.141. The zero-order chi connectivity index (χ0) is 27.2. The van der Waals surface area contributed by atoms with Gasteiger partial charge < -0.3 is 25.4 Å². The number of amides is 3. The molecule has 0 aromatic heterocycles. The van der Waals surface area contributed by atoms with Gasteiger partial charge >= 0.3 is 6.09 Å². The number of hydrogen-bond acceptors (Lipinski definition) is 5. The summed E-state index contributed by atoms with van der Waals surface area (Å²) in [6.45, 7) is 12.9. The second-order valence-electron chi connectivity index (χ2n) is 10.4. The van der Waals surface area contributed by atoms with Crippen LogP contribution in [0.5, 0.6) is 5.75 Å². The highest BCUT2D eigenvalue weighted by Crippen LogP contribution is 2.24. The van der Waals surface area contributed by atoms with Crippen LogP contribution in [0.25, 0.3) is 0 Å². The molecule has 0 aliphatic heterocycles. The van der Waals surface area contributed by atoms with Crippen LogP contribution in [-0.2, 0) is 20.7 Å². The molecule has 0 aliphatic carbocycles. The van der Waals surface area contributed by atoms with E-state index in [2.05, 4.69) is 10.6 Å². The summed E-state index contributed by atoms with van der Waals surface area (Å²) in [4.78, 5) is 41.1. The smallest absolute Gasteiger partial charge is 0.408 e. The zero-order valence-corrected chi connectivity index (χ0v) is 22.5. The van der Waals surface area contributed by atoms with Crippen molar-refractivity contribution in [2.24, 2.45) is 0 Å². The fraction of sp³-hybridized carbons (Fsp3) is 0.464. The maximum atomic E-state index is 13.8. The number of alkyl carbamates (subject to hydrolysis) is 1. The van der Waals surface area contributed by atoms with Gasteiger partial charge in [-0.05, 0) is 82.9 Å². The largest absolute Gasteiger partial charge is 0.508 e. The van der Waals surface area contributed by atoms with E-state index in [0.717, 1.165) is 16.7 Å². The van der Waals surface area contributed by atoms with E-state index in [0.29, 0.717) is 5.56 Å². The van der Waals surface area contributed by atoms with Crippen LogP contribution in [0.4, 0.5) is 4.79 Å². The van der Waals surface area contributed by atoms with E-state index in [1.54, 1.807) is 40.0 Å². The van der Waals surface area contributed by atoms with Gasteiger partial charge in [0.15, 0.2) is 0 Å². The highest BCUT2D eigenvalue weighted by atomic mass is 16.6. The number of aryl methyl sites for hydroxylation is 2. The summed E-state index contributed by atoms with van der Waals surface area (Å²) in [5.41, 5.74) is 2.73. The van der Waals surface area contributed by atoms with Crippen LogP contribution in [0.1, 0.15) is 62.9 Å². The Morgan fingerprint density at radius 3 is 2.11 bits per heavy atom. The van der Waals surface area contributed by atoms with Crippen molar-refractivity contribution in [1.29, 1.82) is 0 Å². The Kier molecular flexibility index (Phi) is 9.50. The molecule has 2 aromatic carbocycles. The van der Waals surface area contributed by atoms with Crippen LogP contribution >= 0.6 is 0 Å². The molecule has 36 heavy (non-hydrogen) atoms. The molecule has 0 saturated carbocycles. The first kappa shape index (κ1) is 28.7. The number of aromatic hydroxyl groups is 1. The maximum absolute atomic E-state index is 13.8. The highest BCUT2D eigenvalue weighted by Gasteiger charge is 2.34. The maximum Gasteiger partial charge on any atom is 0.408 e. The molecule has 0 radical (unpaired) electrons. The first-order chi connectivity index (χ1) is 16.7. The average Bonchev–Trinajstić information content (AvgIpc) is 2.75. The summed E-state index contributed by atoms with van der Waals surface area (Å²) in [5, 5.41) is 15.2. The van der Waals surface area contributed by atoms with Crippen LogP contribution in [0.2, 0.25) is 0 Å². The number of benzene rings is 2. The van der Waals surface area contributed by atoms with Crippen LogP contribution in [0, 0.1) is 13.8 Å². The molecule has 3 N–H and O–H groups in total. The number of phenols is 1. The van der Waals surface area contributed by atoms with Gasteiger partial charge in [-0.3, -0.25) is 9.59 Å². The predicted octanol–water partition coefficient (Wildman–Crippen LogP) is 4.17. The summed E-state index contributed by atoms with van der Waals surface area (Å²) in [7, 11) is 1.56. The van der Waals surface area contributed by atoms with E-state index in [-0.39, 0.29) is 24.1 Å². The van der Waals surface area contributed by atoms with Gasteiger partial charge in [-0.25, -0.2) is 4.79 Å². The molecule has 3 amide bonds. The van der Waals surface area contributed by atoms with E-state index >= 15 is 0 Å². The number of carbonyl (C=O) groups excluding carboxylic acids is 3. The predicted molar refractivity (Wildman–Crippen MR) is 140 cm³/mol. The minimum atomic E-state index is -1.00. The molecule has 2 aromatic rings. The van der Waals surface area contributed by atoms with Gasteiger partial charge in [0.2, 0.25) is 11.8 Å². The topological polar surface area (TPSA) is 108 Å². The van der Waals surface area contributed by atoms with Gasteiger partial charge in [-0.1, -0.05) is 30.3 Å². The fourth-order valence-electron chi connectivity index (χ4n) is 3.74. The van der Waals surface area contributed by atoms with E-state index in [1.807, 2.05) is 45.9 Å². The number of rotatable bonds is 8. The molecule has 0 heterocycles. The molecule has 8 heteroatoms. The summed E-state index contributed by atoms with van der Waals surface area (Å²) >= 11 is 0. The minimum absolute atomic E-state index is 0.0963. The van der Waals surface area contributed by atoms with Crippen molar-refractivity contribution in [2.75, 3.05) is 7.05 Å².